The van der Waals surface area contributed by atoms with Crippen LogP contribution in [0.2, 0.25) is 0 Å². The van der Waals surface area contributed by atoms with Crippen LogP contribution in [-0.4, -0.2) is 53.4 Å². The Bertz CT molecular complexity index is 1300. The quantitative estimate of drug-likeness (QED) is 0.656. The van der Waals surface area contributed by atoms with Crippen LogP contribution in [0.15, 0.2) is 42.5 Å². The number of nitrogens with one attached hydrogen (secondary N) is 2. The van der Waals surface area contributed by atoms with Gasteiger partial charge in [-0.25, -0.2) is 18.9 Å². The molecule has 0 bridgehead atoms. The lowest BCUT2D eigenvalue weighted by molar-refractivity contribution is -0.144. The lowest BCUT2D eigenvalue weighted by Crippen LogP contribution is -2.51. The van der Waals surface area contributed by atoms with Gasteiger partial charge < -0.3 is 20.3 Å². The van der Waals surface area contributed by atoms with Crippen molar-refractivity contribution in [3.05, 3.63) is 65.0 Å². The second kappa shape index (κ2) is 8.86. The fourth-order valence-corrected chi connectivity index (χ4v) is 5.98. The number of likely N-dealkylation sites (tertiary alicyclic amines) is 1. The van der Waals surface area contributed by atoms with Crippen molar-refractivity contribution >= 4 is 29.6 Å². The molecule has 2 fully saturated rings. The summed E-state index contributed by atoms with van der Waals surface area (Å²) in [5.74, 6) is -1.30. The van der Waals surface area contributed by atoms with E-state index in [0.29, 0.717) is 24.1 Å². The Kier molecular flexibility index (Phi) is 5.92. The highest BCUT2D eigenvalue weighted by atomic mass is 19.1. The summed E-state index contributed by atoms with van der Waals surface area (Å²) in [6.07, 6.45) is 1.30. The van der Waals surface area contributed by atoms with Crippen molar-refractivity contribution in [2.24, 2.45) is 0 Å². The molecule has 2 aromatic rings. The average molecular weight is 509 g/mol. The van der Waals surface area contributed by atoms with Crippen LogP contribution in [0, 0.1) is 5.82 Å². The lowest BCUT2D eigenvalue weighted by Gasteiger charge is -2.39. The number of anilines is 1. The summed E-state index contributed by atoms with van der Waals surface area (Å²) >= 11 is 0. The SMILES string of the molecule is CNC(=O)Nc1ccc2c(c1)CCC21OC(=O)N(CC(=O)N2[C@H](C)CC[C@@]2(C)c2ccc(F)cc2)C1=O. The number of aryl methyl sites for hydroxylation is 1. The standard InChI is InChI=1S/C27H29FN4O5/c1-16-10-12-26(2,18-4-6-19(28)7-5-18)32(16)22(33)15-31-23(34)27(37-25(31)36)13-11-17-14-20(8-9-21(17)27)30-24(35)29-3/h4-9,14,16H,10-13,15H2,1-3H3,(H2,29,30,35)/t16-,26+,27?/m1/s1. The predicted molar refractivity (Wildman–Crippen MR) is 132 cm³/mol. The number of benzene rings is 2. The van der Waals surface area contributed by atoms with Crippen molar-refractivity contribution in [2.45, 2.75) is 56.7 Å². The molecule has 2 N–H and O–H groups in total. The minimum Gasteiger partial charge on any atom is -0.427 e. The van der Waals surface area contributed by atoms with E-state index in [2.05, 4.69) is 10.6 Å². The van der Waals surface area contributed by atoms with Crippen LogP contribution in [0.1, 0.15) is 49.8 Å². The smallest absolute Gasteiger partial charge is 0.418 e. The largest absolute Gasteiger partial charge is 0.427 e. The summed E-state index contributed by atoms with van der Waals surface area (Å²) < 4.78 is 19.2. The first kappa shape index (κ1) is 24.7. The maximum atomic E-state index is 13.6. The maximum Gasteiger partial charge on any atom is 0.418 e. The van der Waals surface area contributed by atoms with Gasteiger partial charge >= 0.3 is 12.1 Å². The van der Waals surface area contributed by atoms with Gasteiger partial charge in [0.1, 0.15) is 12.4 Å². The molecule has 2 saturated heterocycles. The van der Waals surface area contributed by atoms with E-state index in [1.165, 1.54) is 19.2 Å². The molecule has 1 unspecified atom stereocenters. The molecule has 3 aliphatic rings. The molecule has 1 spiro atoms. The highest BCUT2D eigenvalue weighted by molar-refractivity contribution is 6.06. The third kappa shape index (κ3) is 3.91. The molecule has 0 aromatic heterocycles. The van der Waals surface area contributed by atoms with Crippen molar-refractivity contribution < 1.29 is 28.3 Å². The Morgan fingerprint density at radius 3 is 2.57 bits per heavy atom. The molecule has 9 nitrogen and oxygen atoms in total. The summed E-state index contributed by atoms with van der Waals surface area (Å²) in [7, 11) is 1.51. The Morgan fingerprint density at radius 1 is 1.14 bits per heavy atom. The number of urea groups is 1. The Balaban J connectivity index is 1.38. The molecule has 5 amide bonds. The summed E-state index contributed by atoms with van der Waals surface area (Å²) in [6.45, 7) is 3.41. The number of imide groups is 1. The minimum absolute atomic E-state index is 0.122. The fraction of sp³-hybridized carbons (Fsp3) is 0.407. The van der Waals surface area contributed by atoms with Crippen LogP contribution < -0.4 is 10.6 Å². The van der Waals surface area contributed by atoms with E-state index in [0.717, 1.165) is 22.4 Å². The van der Waals surface area contributed by atoms with Crippen LogP contribution in [0.4, 0.5) is 19.7 Å². The highest BCUT2D eigenvalue weighted by Gasteiger charge is 2.59. The number of amides is 5. The van der Waals surface area contributed by atoms with E-state index in [4.69, 9.17) is 4.74 Å². The zero-order valence-corrected chi connectivity index (χ0v) is 21.0. The molecule has 2 heterocycles. The van der Waals surface area contributed by atoms with E-state index in [1.807, 2.05) is 13.8 Å². The molecule has 1 aliphatic carbocycles. The molecule has 3 atom stereocenters. The minimum atomic E-state index is -1.48. The zero-order chi connectivity index (χ0) is 26.5. The monoisotopic (exact) mass is 508 g/mol. The number of fused-ring (bicyclic) bond motifs is 2. The lowest BCUT2D eigenvalue weighted by atomic mass is 9.89. The molecular formula is C27H29FN4O5. The third-order valence-corrected chi connectivity index (χ3v) is 7.89. The Labute approximate surface area is 213 Å². The van der Waals surface area contributed by atoms with Crippen molar-refractivity contribution in [1.29, 1.82) is 0 Å². The van der Waals surface area contributed by atoms with Gasteiger partial charge in [0.25, 0.3) is 5.91 Å². The van der Waals surface area contributed by atoms with Crippen LogP contribution >= 0.6 is 0 Å². The molecule has 2 aromatic carbocycles. The van der Waals surface area contributed by atoms with Crippen LogP contribution in [0.25, 0.3) is 0 Å². The highest BCUT2D eigenvalue weighted by Crippen LogP contribution is 2.47. The van der Waals surface area contributed by atoms with E-state index < -0.39 is 29.7 Å². The van der Waals surface area contributed by atoms with Gasteiger partial charge in [-0.1, -0.05) is 18.2 Å². The topological polar surface area (TPSA) is 108 Å². The van der Waals surface area contributed by atoms with Crippen molar-refractivity contribution in [3.8, 4) is 0 Å². The first-order valence-electron chi connectivity index (χ1n) is 12.3. The second-order valence-corrected chi connectivity index (χ2v) is 10.1. The second-order valence-electron chi connectivity index (χ2n) is 10.1. The van der Waals surface area contributed by atoms with Crippen LogP contribution in [-0.2, 0) is 31.9 Å². The maximum absolute atomic E-state index is 13.6. The van der Waals surface area contributed by atoms with E-state index in [9.17, 15) is 23.6 Å². The first-order chi connectivity index (χ1) is 17.6. The van der Waals surface area contributed by atoms with Gasteiger partial charge in [-0.2, -0.15) is 0 Å². The van der Waals surface area contributed by atoms with Crippen LogP contribution in [0.5, 0.6) is 0 Å². The zero-order valence-electron chi connectivity index (χ0n) is 21.0. The molecule has 0 radical (unpaired) electrons. The van der Waals surface area contributed by atoms with Crippen LogP contribution in [0.3, 0.4) is 0 Å². The molecule has 2 aliphatic heterocycles. The number of rotatable bonds is 4. The van der Waals surface area contributed by atoms with Crippen molar-refractivity contribution in [3.63, 3.8) is 0 Å². The summed E-state index contributed by atoms with van der Waals surface area (Å²) in [4.78, 5) is 54.3. The molecule has 5 rings (SSSR count). The number of carbonyl (C=O) groups is 4. The summed E-state index contributed by atoms with van der Waals surface area (Å²) in [5.41, 5.74) is 0.540. The van der Waals surface area contributed by atoms with Gasteiger partial charge in [0.05, 0.1) is 5.54 Å². The van der Waals surface area contributed by atoms with Gasteiger partial charge in [0, 0.05) is 30.8 Å². The normalized spacial score (nSPS) is 26.4. The van der Waals surface area contributed by atoms with Gasteiger partial charge in [0.15, 0.2) is 0 Å². The van der Waals surface area contributed by atoms with Gasteiger partial charge in [0.2, 0.25) is 11.5 Å². The predicted octanol–water partition coefficient (Wildman–Crippen LogP) is 3.62. The number of ether oxygens (including phenoxy) is 1. The summed E-state index contributed by atoms with van der Waals surface area (Å²) in [5, 5.41) is 5.17. The molecular weight excluding hydrogens is 479 g/mol. The van der Waals surface area contributed by atoms with E-state index in [1.54, 1.807) is 35.2 Å². The van der Waals surface area contributed by atoms with Gasteiger partial charge in [-0.15, -0.1) is 0 Å². The fourth-order valence-electron chi connectivity index (χ4n) is 5.98. The molecule has 0 saturated carbocycles. The van der Waals surface area contributed by atoms with Gasteiger partial charge in [-0.05, 0) is 68.5 Å². The number of hydrogen-bond donors (Lipinski definition) is 2. The Morgan fingerprint density at radius 2 is 1.86 bits per heavy atom. The molecule has 194 valence electrons. The van der Waals surface area contributed by atoms with Crippen molar-refractivity contribution in [1.82, 2.24) is 15.1 Å². The third-order valence-electron chi connectivity index (χ3n) is 7.89. The number of hydrogen-bond acceptors (Lipinski definition) is 5. The first-order valence-corrected chi connectivity index (χ1v) is 12.3. The Hall–Kier alpha value is -3.95. The van der Waals surface area contributed by atoms with E-state index in [-0.39, 0.29) is 30.2 Å². The number of nitrogens with zero attached hydrogens (tertiary/aromatic N) is 2. The number of carbonyl (C=O) groups excluding carboxylic acids is 4. The van der Waals surface area contributed by atoms with E-state index >= 15 is 0 Å². The molecule has 37 heavy (non-hydrogen) atoms. The van der Waals surface area contributed by atoms with Gasteiger partial charge in [-0.3, -0.25) is 9.59 Å². The number of halogens is 1. The van der Waals surface area contributed by atoms with Crippen molar-refractivity contribution in [2.75, 3.05) is 18.9 Å². The summed E-state index contributed by atoms with van der Waals surface area (Å²) in [6, 6.07) is 10.7. The molecule has 10 heteroatoms. The average Bonchev–Trinajstić information content (AvgIpc) is 3.47.